The summed E-state index contributed by atoms with van der Waals surface area (Å²) in [7, 11) is 0. The number of benzene rings is 10. The molecule has 10 aromatic carbocycles. The average Bonchev–Trinajstić information content (AvgIpc) is 3.68. The van der Waals surface area contributed by atoms with Gasteiger partial charge in [0.2, 0.25) is 0 Å². The summed E-state index contributed by atoms with van der Waals surface area (Å²) in [5.74, 6) is 0. The lowest BCUT2D eigenvalue weighted by atomic mass is 9.87. The van der Waals surface area contributed by atoms with Gasteiger partial charge < -0.3 is 4.90 Å². The van der Waals surface area contributed by atoms with E-state index in [0.717, 1.165) is 17.1 Å². The molecule has 1 nitrogen and oxygen atoms in total. The fourth-order valence-electron chi connectivity index (χ4n) is 8.77. The van der Waals surface area contributed by atoms with Gasteiger partial charge in [0.1, 0.15) is 0 Å². The van der Waals surface area contributed by atoms with Crippen molar-refractivity contribution in [2.24, 2.45) is 0 Å². The lowest BCUT2D eigenvalue weighted by Gasteiger charge is -2.31. The van der Waals surface area contributed by atoms with E-state index in [1.54, 1.807) is 0 Å². The number of fused-ring (bicyclic) bond motifs is 6. The molecule has 0 saturated heterocycles. The fraction of sp³-hybridized carbons (Fsp3) is 0. The zero-order valence-electron chi connectivity index (χ0n) is 31.7. The molecule has 0 spiro atoms. The Morgan fingerprint density at radius 1 is 0.293 bits per heavy atom. The Kier molecular flexibility index (Phi) is 8.42. The normalized spacial score (nSPS) is 11.4. The van der Waals surface area contributed by atoms with Crippen LogP contribution in [-0.2, 0) is 0 Å². The van der Waals surface area contributed by atoms with Gasteiger partial charge in [0.15, 0.2) is 0 Å². The van der Waals surface area contributed by atoms with Crippen LogP contribution in [-0.4, -0.2) is 0 Å². The summed E-state index contributed by atoms with van der Waals surface area (Å²) >= 11 is 1.87. The molecule has 1 heterocycles. The molecule has 0 aliphatic rings. The summed E-state index contributed by atoms with van der Waals surface area (Å²) in [6.07, 6.45) is 0. The fourth-order valence-corrected chi connectivity index (χ4v) is 9.92. The van der Waals surface area contributed by atoms with Gasteiger partial charge in [-0.25, -0.2) is 0 Å². The summed E-state index contributed by atoms with van der Waals surface area (Å²) < 4.78 is 2.64. The Hall–Kier alpha value is -7.26. The van der Waals surface area contributed by atoms with Gasteiger partial charge in [-0.05, 0) is 91.5 Å². The minimum Gasteiger partial charge on any atom is -0.309 e. The van der Waals surface area contributed by atoms with Gasteiger partial charge in [-0.2, -0.15) is 0 Å². The van der Waals surface area contributed by atoms with Gasteiger partial charge >= 0.3 is 0 Å². The van der Waals surface area contributed by atoms with Gasteiger partial charge in [-0.1, -0.05) is 188 Å². The van der Waals surface area contributed by atoms with Crippen LogP contribution in [0.1, 0.15) is 0 Å². The number of nitrogens with zero attached hydrogens (tertiary/aromatic N) is 1. The molecule has 0 aliphatic heterocycles. The predicted molar refractivity (Wildman–Crippen MR) is 251 cm³/mol. The number of anilines is 3. The van der Waals surface area contributed by atoms with Crippen molar-refractivity contribution in [3.63, 3.8) is 0 Å². The van der Waals surface area contributed by atoms with Crippen LogP contribution in [0.5, 0.6) is 0 Å². The van der Waals surface area contributed by atoms with Crippen LogP contribution in [0.4, 0.5) is 17.1 Å². The van der Waals surface area contributed by atoms with Crippen molar-refractivity contribution in [1.29, 1.82) is 0 Å². The molecule has 0 radical (unpaired) electrons. The largest absolute Gasteiger partial charge is 0.309 e. The molecule has 2 heteroatoms. The van der Waals surface area contributed by atoms with Crippen LogP contribution in [0.15, 0.2) is 224 Å². The predicted octanol–water partition coefficient (Wildman–Crippen LogP) is 16.5. The van der Waals surface area contributed by atoms with Crippen molar-refractivity contribution < 1.29 is 0 Å². The van der Waals surface area contributed by atoms with Crippen LogP contribution < -0.4 is 4.90 Å². The molecular weight excluding hydrogens is 719 g/mol. The summed E-state index contributed by atoms with van der Waals surface area (Å²) in [6, 6.07) is 82.1. The summed E-state index contributed by atoms with van der Waals surface area (Å²) in [6.45, 7) is 0. The third-order valence-corrected chi connectivity index (χ3v) is 12.6. The molecule has 0 unspecified atom stereocenters. The third kappa shape index (κ3) is 5.86. The second-order valence-electron chi connectivity index (χ2n) is 14.8. The number of thiophene rings is 1. The molecule has 0 amide bonds. The smallest absolute Gasteiger partial charge is 0.0546 e. The first kappa shape index (κ1) is 34.0. The highest BCUT2D eigenvalue weighted by Gasteiger charge is 2.24. The molecule has 0 aliphatic carbocycles. The lowest BCUT2D eigenvalue weighted by molar-refractivity contribution is 1.30. The Morgan fingerprint density at radius 3 is 1.64 bits per heavy atom. The third-order valence-electron chi connectivity index (χ3n) is 11.5. The van der Waals surface area contributed by atoms with Gasteiger partial charge in [0, 0.05) is 36.8 Å². The summed E-state index contributed by atoms with van der Waals surface area (Å²) in [5, 5.41) is 7.54. The molecule has 58 heavy (non-hydrogen) atoms. The van der Waals surface area contributed by atoms with E-state index < -0.39 is 0 Å². The van der Waals surface area contributed by atoms with E-state index in [1.165, 1.54) is 86.2 Å². The number of hydrogen-bond acceptors (Lipinski definition) is 2. The topological polar surface area (TPSA) is 3.24 Å². The van der Waals surface area contributed by atoms with Gasteiger partial charge in [0.05, 0.1) is 11.4 Å². The van der Waals surface area contributed by atoms with Crippen molar-refractivity contribution in [1.82, 2.24) is 0 Å². The van der Waals surface area contributed by atoms with Crippen LogP contribution in [0.3, 0.4) is 0 Å². The van der Waals surface area contributed by atoms with Crippen molar-refractivity contribution in [2.75, 3.05) is 4.90 Å². The standard InChI is InChI=1S/C56H37NS/c1-3-16-39(17-4-1)44-21-9-12-26-51(44)56-46(40-18-5-2-6-19-40)27-15-28-52(56)57(53-36-42-20-7-8-22-45(42)47-23-10-11-24-48(47)53)43-33-30-38(31-34-43)41-32-35-50-49-25-13-14-29-54(49)58-55(50)37-41/h1-37H. The van der Waals surface area contributed by atoms with E-state index in [9.17, 15) is 0 Å². The van der Waals surface area contributed by atoms with E-state index >= 15 is 0 Å². The van der Waals surface area contributed by atoms with Crippen LogP contribution >= 0.6 is 11.3 Å². The quantitative estimate of drug-likeness (QED) is 0.146. The zero-order valence-corrected chi connectivity index (χ0v) is 32.5. The van der Waals surface area contributed by atoms with Crippen molar-refractivity contribution in [3.05, 3.63) is 224 Å². The molecular formula is C56H37NS. The first-order valence-electron chi connectivity index (χ1n) is 19.8. The molecule has 11 aromatic rings. The Labute approximate surface area is 342 Å². The molecule has 0 fully saturated rings. The minimum absolute atomic E-state index is 1.09. The number of rotatable bonds is 7. The van der Waals surface area contributed by atoms with Crippen molar-refractivity contribution in [3.8, 4) is 44.5 Å². The van der Waals surface area contributed by atoms with Crippen LogP contribution in [0.2, 0.25) is 0 Å². The van der Waals surface area contributed by atoms with Gasteiger partial charge in [-0.3, -0.25) is 0 Å². The minimum atomic E-state index is 1.09. The van der Waals surface area contributed by atoms with Crippen molar-refractivity contribution >= 4 is 70.1 Å². The van der Waals surface area contributed by atoms with Crippen LogP contribution in [0, 0.1) is 0 Å². The second-order valence-corrected chi connectivity index (χ2v) is 15.9. The summed E-state index contributed by atoms with van der Waals surface area (Å²) in [5.41, 5.74) is 12.9. The molecule has 272 valence electrons. The van der Waals surface area contributed by atoms with Crippen LogP contribution in [0.25, 0.3) is 86.2 Å². The molecule has 0 atom stereocenters. The Balaban J connectivity index is 1.18. The molecule has 0 saturated carbocycles. The average molecular weight is 756 g/mol. The van der Waals surface area contributed by atoms with E-state index in [1.807, 2.05) is 11.3 Å². The molecule has 0 bridgehead atoms. The van der Waals surface area contributed by atoms with E-state index in [4.69, 9.17) is 0 Å². The second kappa shape index (κ2) is 14.4. The maximum absolute atomic E-state index is 2.50. The van der Waals surface area contributed by atoms with E-state index in [0.29, 0.717) is 0 Å². The lowest BCUT2D eigenvalue weighted by Crippen LogP contribution is -2.12. The maximum atomic E-state index is 2.50. The molecule has 11 rings (SSSR count). The van der Waals surface area contributed by atoms with E-state index in [2.05, 4.69) is 229 Å². The highest BCUT2D eigenvalue weighted by atomic mass is 32.1. The highest BCUT2D eigenvalue weighted by Crippen LogP contribution is 2.50. The first-order chi connectivity index (χ1) is 28.8. The molecule has 1 aromatic heterocycles. The Bertz CT molecular complexity index is 3270. The molecule has 0 N–H and O–H groups in total. The Morgan fingerprint density at radius 2 is 0.862 bits per heavy atom. The summed E-state index contributed by atoms with van der Waals surface area (Å²) in [4.78, 5) is 2.50. The SMILES string of the molecule is c1ccc(-c2ccccc2-c2c(-c3ccccc3)cccc2N(c2ccc(-c3ccc4c(c3)sc3ccccc34)cc2)c2cc3ccccc3c3ccccc23)cc1. The highest BCUT2D eigenvalue weighted by molar-refractivity contribution is 7.25. The first-order valence-corrected chi connectivity index (χ1v) is 20.7. The number of hydrogen-bond donors (Lipinski definition) is 0. The van der Waals surface area contributed by atoms with Gasteiger partial charge in [-0.15, -0.1) is 11.3 Å². The monoisotopic (exact) mass is 755 g/mol. The van der Waals surface area contributed by atoms with E-state index in [-0.39, 0.29) is 0 Å². The zero-order chi connectivity index (χ0) is 38.4. The maximum Gasteiger partial charge on any atom is 0.0546 e. The van der Waals surface area contributed by atoms with Gasteiger partial charge in [0.25, 0.3) is 0 Å². The van der Waals surface area contributed by atoms with Crippen molar-refractivity contribution in [2.45, 2.75) is 0 Å².